The van der Waals surface area contributed by atoms with E-state index in [1.165, 1.54) is 12.1 Å². The zero-order valence-corrected chi connectivity index (χ0v) is 11.3. The van der Waals surface area contributed by atoms with E-state index < -0.39 is 11.6 Å². The van der Waals surface area contributed by atoms with E-state index >= 15 is 0 Å². The first-order chi connectivity index (χ1) is 10.2. The summed E-state index contributed by atoms with van der Waals surface area (Å²) in [4.78, 5) is 4.37. The first kappa shape index (κ1) is 13.3. The minimum Gasteiger partial charge on any atom is -0.324 e. The van der Waals surface area contributed by atoms with Crippen LogP contribution in [0.25, 0.3) is 22.4 Å². The Hall–Kier alpha value is -2.74. The van der Waals surface area contributed by atoms with Crippen LogP contribution in [0.4, 0.5) is 8.78 Å². The highest BCUT2D eigenvalue weighted by Gasteiger charge is 2.17. The lowest BCUT2D eigenvalue weighted by Gasteiger charge is -2.07. The summed E-state index contributed by atoms with van der Waals surface area (Å²) in [6.45, 7) is 2.47. The Balaban J connectivity index is 2.32. The maximum atomic E-state index is 14.0. The normalized spacial score (nSPS) is 10.8. The van der Waals surface area contributed by atoms with Crippen LogP contribution in [0.3, 0.4) is 0 Å². The molecule has 0 amide bonds. The Morgan fingerprint density at radius 3 is 2.76 bits per heavy atom. The highest BCUT2D eigenvalue weighted by Crippen LogP contribution is 2.28. The van der Waals surface area contributed by atoms with E-state index in [1.54, 1.807) is 22.8 Å². The van der Waals surface area contributed by atoms with Gasteiger partial charge >= 0.3 is 0 Å². The van der Waals surface area contributed by atoms with Crippen molar-refractivity contribution < 1.29 is 8.78 Å². The van der Waals surface area contributed by atoms with Gasteiger partial charge in [-0.3, -0.25) is 0 Å². The first-order valence-electron chi connectivity index (χ1n) is 6.50. The van der Waals surface area contributed by atoms with Crippen molar-refractivity contribution in [3.05, 3.63) is 53.6 Å². The van der Waals surface area contributed by atoms with Crippen LogP contribution in [-0.2, 0) is 6.54 Å². The average molecular weight is 283 g/mol. The molecule has 0 radical (unpaired) electrons. The van der Waals surface area contributed by atoms with Crippen LogP contribution in [0.5, 0.6) is 0 Å². The van der Waals surface area contributed by atoms with Gasteiger partial charge in [0, 0.05) is 6.54 Å². The van der Waals surface area contributed by atoms with Gasteiger partial charge in [0.25, 0.3) is 0 Å². The van der Waals surface area contributed by atoms with E-state index in [2.05, 4.69) is 4.98 Å². The molecule has 0 aliphatic rings. The van der Waals surface area contributed by atoms with E-state index in [0.29, 0.717) is 23.4 Å². The lowest BCUT2D eigenvalue weighted by atomic mass is 10.2. The standard InChI is InChI=1S/C16H11F2N3/c1-2-21-14-7-6-10(9-19)8-13(14)20-16(21)11-4-3-5-12(17)15(11)18/h3-8H,2H2,1H3. The van der Waals surface area contributed by atoms with Crippen LogP contribution < -0.4 is 0 Å². The number of halogens is 2. The van der Waals surface area contributed by atoms with Crippen molar-refractivity contribution >= 4 is 11.0 Å². The van der Waals surface area contributed by atoms with Gasteiger partial charge in [-0.1, -0.05) is 6.07 Å². The Morgan fingerprint density at radius 1 is 1.24 bits per heavy atom. The molecule has 1 heterocycles. The third-order valence-corrected chi connectivity index (χ3v) is 3.39. The minimum atomic E-state index is -0.914. The molecule has 0 bridgehead atoms. The van der Waals surface area contributed by atoms with E-state index in [0.717, 1.165) is 11.6 Å². The topological polar surface area (TPSA) is 41.6 Å². The number of fused-ring (bicyclic) bond motifs is 1. The molecule has 0 N–H and O–H groups in total. The van der Waals surface area contributed by atoms with Gasteiger partial charge in [-0.15, -0.1) is 0 Å². The number of aryl methyl sites for hydroxylation is 1. The third-order valence-electron chi connectivity index (χ3n) is 3.39. The van der Waals surface area contributed by atoms with E-state index in [1.807, 2.05) is 13.0 Å². The summed E-state index contributed by atoms with van der Waals surface area (Å²) in [5, 5.41) is 8.93. The Kier molecular flexibility index (Phi) is 3.15. The smallest absolute Gasteiger partial charge is 0.169 e. The van der Waals surface area contributed by atoms with Crippen LogP contribution in [0, 0.1) is 23.0 Å². The minimum absolute atomic E-state index is 0.117. The van der Waals surface area contributed by atoms with Crippen LogP contribution >= 0.6 is 0 Å². The molecule has 3 aromatic rings. The lowest BCUT2D eigenvalue weighted by molar-refractivity contribution is 0.510. The van der Waals surface area contributed by atoms with Gasteiger partial charge in [0.2, 0.25) is 0 Å². The molecule has 3 rings (SSSR count). The highest BCUT2D eigenvalue weighted by molar-refractivity contribution is 5.82. The summed E-state index contributed by atoms with van der Waals surface area (Å²) in [6, 6.07) is 11.2. The van der Waals surface area contributed by atoms with Gasteiger partial charge in [-0.2, -0.15) is 5.26 Å². The summed E-state index contributed by atoms with van der Waals surface area (Å²) in [5.41, 5.74) is 1.98. The Labute approximate surface area is 120 Å². The van der Waals surface area contributed by atoms with Crippen LogP contribution in [0.15, 0.2) is 36.4 Å². The number of hydrogen-bond donors (Lipinski definition) is 0. The van der Waals surface area contributed by atoms with Crippen LogP contribution in [-0.4, -0.2) is 9.55 Å². The van der Waals surface area contributed by atoms with Crippen molar-refractivity contribution in [3.8, 4) is 17.5 Å². The van der Waals surface area contributed by atoms with Crippen molar-refractivity contribution in [2.24, 2.45) is 0 Å². The zero-order chi connectivity index (χ0) is 15.0. The summed E-state index contributed by atoms with van der Waals surface area (Å²) in [6.07, 6.45) is 0. The number of benzene rings is 2. The van der Waals surface area contributed by atoms with Gasteiger partial charge in [0.05, 0.1) is 28.2 Å². The fourth-order valence-corrected chi connectivity index (χ4v) is 2.40. The zero-order valence-electron chi connectivity index (χ0n) is 11.3. The summed E-state index contributed by atoms with van der Waals surface area (Å²) >= 11 is 0. The number of nitriles is 1. The molecule has 21 heavy (non-hydrogen) atoms. The summed E-state index contributed by atoms with van der Waals surface area (Å²) in [5.74, 6) is -1.46. The molecule has 0 aliphatic heterocycles. The number of aromatic nitrogens is 2. The average Bonchev–Trinajstić information content (AvgIpc) is 2.87. The highest BCUT2D eigenvalue weighted by atomic mass is 19.2. The van der Waals surface area contributed by atoms with E-state index in [-0.39, 0.29) is 5.56 Å². The Bertz CT molecular complexity index is 875. The van der Waals surface area contributed by atoms with Crippen LogP contribution in [0.1, 0.15) is 12.5 Å². The third kappa shape index (κ3) is 2.05. The molecule has 0 spiro atoms. The van der Waals surface area contributed by atoms with Gasteiger partial charge < -0.3 is 4.57 Å². The molecule has 1 aromatic heterocycles. The van der Waals surface area contributed by atoms with E-state index in [4.69, 9.17) is 5.26 Å². The summed E-state index contributed by atoms with van der Waals surface area (Å²) in [7, 11) is 0. The second-order valence-corrected chi connectivity index (χ2v) is 4.60. The van der Waals surface area contributed by atoms with Crippen molar-refractivity contribution in [2.75, 3.05) is 0 Å². The van der Waals surface area contributed by atoms with Crippen molar-refractivity contribution in [1.82, 2.24) is 9.55 Å². The molecule has 0 saturated carbocycles. The van der Waals surface area contributed by atoms with Crippen molar-refractivity contribution in [3.63, 3.8) is 0 Å². The molecule has 0 saturated heterocycles. The molecule has 104 valence electrons. The van der Waals surface area contributed by atoms with Gasteiger partial charge in [0.15, 0.2) is 11.6 Å². The van der Waals surface area contributed by atoms with Gasteiger partial charge in [0.1, 0.15) is 5.82 Å². The Morgan fingerprint density at radius 2 is 2.05 bits per heavy atom. The fourth-order valence-electron chi connectivity index (χ4n) is 2.40. The molecule has 2 aromatic carbocycles. The lowest BCUT2D eigenvalue weighted by Crippen LogP contribution is -2.00. The van der Waals surface area contributed by atoms with Crippen LogP contribution in [0.2, 0.25) is 0 Å². The van der Waals surface area contributed by atoms with Gasteiger partial charge in [-0.25, -0.2) is 13.8 Å². The molecule has 3 nitrogen and oxygen atoms in total. The number of rotatable bonds is 2. The SMILES string of the molecule is CCn1c(-c2cccc(F)c2F)nc2cc(C#N)ccc21. The first-order valence-corrected chi connectivity index (χ1v) is 6.50. The largest absolute Gasteiger partial charge is 0.324 e. The molecular formula is C16H11F2N3. The maximum Gasteiger partial charge on any atom is 0.169 e. The molecule has 0 aliphatic carbocycles. The fraction of sp³-hybridized carbons (Fsp3) is 0.125. The molecule has 5 heteroatoms. The van der Waals surface area contributed by atoms with E-state index in [9.17, 15) is 8.78 Å². The molecular weight excluding hydrogens is 272 g/mol. The second kappa shape index (κ2) is 4.98. The van der Waals surface area contributed by atoms with Gasteiger partial charge in [-0.05, 0) is 37.3 Å². The number of hydrogen-bond acceptors (Lipinski definition) is 2. The number of nitrogens with zero attached hydrogens (tertiary/aromatic N) is 3. The van der Waals surface area contributed by atoms with Crippen molar-refractivity contribution in [2.45, 2.75) is 13.5 Å². The monoisotopic (exact) mass is 283 g/mol. The molecule has 0 unspecified atom stereocenters. The molecule has 0 atom stereocenters. The second-order valence-electron chi connectivity index (χ2n) is 4.60. The predicted octanol–water partition coefficient (Wildman–Crippen LogP) is 3.87. The quantitative estimate of drug-likeness (QED) is 0.716. The number of imidazole rings is 1. The summed E-state index contributed by atoms with van der Waals surface area (Å²) < 4.78 is 29.2. The molecule has 0 fully saturated rings. The maximum absolute atomic E-state index is 14.0. The predicted molar refractivity (Wildman–Crippen MR) is 75.5 cm³/mol. The van der Waals surface area contributed by atoms with Crippen molar-refractivity contribution in [1.29, 1.82) is 5.26 Å².